The molecular weight excluding hydrogens is 424 g/mol. The monoisotopic (exact) mass is 456 g/mol. The number of nitrogens with zero attached hydrogens (tertiary/aromatic N) is 2. The highest BCUT2D eigenvalue weighted by atomic mass is 32.1. The molecule has 1 amide bonds. The van der Waals surface area contributed by atoms with Gasteiger partial charge in [-0.3, -0.25) is 9.59 Å². The predicted molar refractivity (Wildman–Crippen MR) is 128 cm³/mol. The van der Waals surface area contributed by atoms with Crippen LogP contribution >= 0.6 is 11.3 Å². The number of carbonyl (C=O) groups is 2. The van der Waals surface area contributed by atoms with Crippen LogP contribution in [0.1, 0.15) is 44.2 Å². The van der Waals surface area contributed by atoms with Crippen LogP contribution in [0.3, 0.4) is 0 Å². The Labute approximate surface area is 194 Å². The minimum absolute atomic E-state index is 0.146. The number of amides is 1. The van der Waals surface area contributed by atoms with Gasteiger partial charge in [-0.05, 0) is 54.7 Å². The molecule has 0 bridgehead atoms. The zero-order valence-corrected chi connectivity index (χ0v) is 20.0. The largest absolute Gasteiger partial charge is 0.507 e. The highest BCUT2D eigenvalue weighted by molar-refractivity contribution is 7.10. The Morgan fingerprint density at radius 2 is 1.84 bits per heavy atom. The molecular formula is C25H32N2O4S. The van der Waals surface area contributed by atoms with E-state index in [1.165, 1.54) is 11.3 Å². The number of aliphatic hydroxyl groups is 1. The first kappa shape index (κ1) is 24.0. The molecule has 1 atom stereocenters. The highest BCUT2D eigenvalue weighted by Crippen LogP contribution is 2.41. The number of ketones is 1. The quantitative estimate of drug-likeness (QED) is 0.323. The Kier molecular flexibility index (Phi) is 8.10. The van der Waals surface area contributed by atoms with Gasteiger partial charge in [0.25, 0.3) is 11.7 Å². The third-order valence-corrected chi connectivity index (χ3v) is 6.54. The van der Waals surface area contributed by atoms with Crippen molar-refractivity contribution in [2.24, 2.45) is 5.92 Å². The summed E-state index contributed by atoms with van der Waals surface area (Å²) in [5.74, 6) is -0.247. The van der Waals surface area contributed by atoms with Gasteiger partial charge in [-0.1, -0.05) is 33.8 Å². The summed E-state index contributed by atoms with van der Waals surface area (Å²) in [4.78, 5) is 30.6. The molecule has 1 fully saturated rings. The molecule has 1 N–H and O–H groups in total. The number of hydrogen-bond donors (Lipinski definition) is 1. The summed E-state index contributed by atoms with van der Waals surface area (Å²) in [5.41, 5.74) is 0.637. The predicted octanol–water partition coefficient (Wildman–Crippen LogP) is 4.55. The summed E-state index contributed by atoms with van der Waals surface area (Å²) in [7, 11) is 0. The average molecular weight is 457 g/mol. The maximum Gasteiger partial charge on any atom is 0.295 e. The number of aliphatic hydroxyl groups excluding tert-OH is 1. The van der Waals surface area contributed by atoms with Crippen molar-refractivity contribution in [2.45, 2.75) is 33.7 Å². The van der Waals surface area contributed by atoms with Gasteiger partial charge in [0.2, 0.25) is 0 Å². The van der Waals surface area contributed by atoms with Gasteiger partial charge in [0.1, 0.15) is 11.5 Å². The molecule has 0 saturated carbocycles. The van der Waals surface area contributed by atoms with Crippen LogP contribution in [0.15, 0.2) is 47.4 Å². The topological polar surface area (TPSA) is 70.1 Å². The fourth-order valence-electron chi connectivity index (χ4n) is 3.77. The lowest BCUT2D eigenvalue weighted by molar-refractivity contribution is -0.140. The summed E-state index contributed by atoms with van der Waals surface area (Å²) < 4.78 is 5.71. The molecule has 1 aromatic heterocycles. The second-order valence-electron chi connectivity index (χ2n) is 8.26. The molecule has 1 aromatic carbocycles. The van der Waals surface area contributed by atoms with Crippen molar-refractivity contribution in [3.63, 3.8) is 0 Å². The second-order valence-corrected chi connectivity index (χ2v) is 9.24. The molecule has 3 rings (SSSR count). The average Bonchev–Trinajstić information content (AvgIpc) is 3.40. The molecule has 0 spiro atoms. The number of carbonyl (C=O) groups excluding carboxylic acids is 2. The van der Waals surface area contributed by atoms with Crippen LogP contribution in [0.25, 0.3) is 5.76 Å². The summed E-state index contributed by atoms with van der Waals surface area (Å²) in [6.45, 7) is 11.7. The van der Waals surface area contributed by atoms with Gasteiger partial charge >= 0.3 is 0 Å². The molecule has 6 nitrogen and oxygen atoms in total. The number of rotatable bonds is 10. The summed E-state index contributed by atoms with van der Waals surface area (Å²) >= 11 is 1.48. The SMILES string of the molecule is CCN(CC)CCN1C(=O)C(=O)/C(=C(/O)c2ccc(OCC(C)C)cc2)[C@@H]1c1cccs1. The molecule has 7 heteroatoms. The fourth-order valence-corrected chi connectivity index (χ4v) is 4.62. The lowest BCUT2D eigenvalue weighted by Crippen LogP contribution is -2.37. The van der Waals surface area contributed by atoms with E-state index in [1.54, 1.807) is 29.2 Å². The lowest BCUT2D eigenvalue weighted by atomic mass is 10.00. The smallest absolute Gasteiger partial charge is 0.295 e. The van der Waals surface area contributed by atoms with Crippen molar-refractivity contribution in [2.75, 3.05) is 32.8 Å². The molecule has 0 unspecified atom stereocenters. The van der Waals surface area contributed by atoms with Crippen LogP contribution in [-0.2, 0) is 9.59 Å². The van der Waals surface area contributed by atoms with Crippen LogP contribution < -0.4 is 4.74 Å². The number of likely N-dealkylation sites (tertiary alicyclic amines) is 1. The fraction of sp³-hybridized carbons (Fsp3) is 0.440. The molecule has 172 valence electrons. The molecule has 1 aliphatic heterocycles. The van der Waals surface area contributed by atoms with Crippen LogP contribution in [0.4, 0.5) is 0 Å². The van der Waals surface area contributed by atoms with Crippen molar-refractivity contribution >= 4 is 28.8 Å². The van der Waals surface area contributed by atoms with Gasteiger partial charge in [0.15, 0.2) is 0 Å². The van der Waals surface area contributed by atoms with E-state index in [4.69, 9.17) is 4.74 Å². The van der Waals surface area contributed by atoms with E-state index in [9.17, 15) is 14.7 Å². The number of benzene rings is 1. The van der Waals surface area contributed by atoms with E-state index in [1.807, 2.05) is 17.5 Å². The number of likely N-dealkylation sites (N-methyl/N-ethyl adjacent to an activating group) is 1. The Morgan fingerprint density at radius 3 is 2.41 bits per heavy atom. The van der Waals surface area contributed by atoms with Crippen molar-refractivity contribution in [3.05, 3.63) is 57.8 Å². The first-order valence-corrected chi connectivity index (χ1v) is 12.0. The zero-order chi connectivity index (χ0) is 23.3. The maximum atomic E-state index is 13.0. The van der Waals surface area contributed by atoms with Gasteiger partial charge in [-0.15, -0.1) is 11.3 Å². The van der Waals surface area contributed by atoms with E-state index < -0.39 is 17.7 Å². The molecule has 2 heterocycles. The van der Waals surface area contributed by atoms with E-state index in [0.717, 1.165) is 18.0 Å². The van der Waals surface area contributed by atoms with Crippen molar-refractivity contribution in [1.82, 2.24) is 9.80 Å². The van der Waals surface area contributed by atoms with Crippen LogP contribution in [0.2, 0.25) is 0 Å². The summed E-state index contributed by atoms with van der Waals surface area (Å²) in [5, 5.41) is 13.0. The molecule has 1 saturated heterocycles. The Bertz CT molecular complexity index is 947. The van der Waals surface area contributed by atoms with Crippen LogP contribution in [0.5, 0.6) is 5.75 Å². The van der Waals surface area contributed by atoms with Crippen LogP contribution in [-0.4, -0.2) is 59.4 Å². The third-order valence-electron chi connectivity index (χ3n) is 5.62. The first-order valence-electron chi connectivity index (χ1n) is 11.1. The Hall–Kier alpha value is -2.64. The van der Waals surface area contributed by atoms with E-state index >= 15 is 0 Å². The number of thiophene rings is 1. The van der Waals surface area contributed by atoms with Gasteiger partial charge in [-0.25, -0.2) is 0 Å². The van der Waals surface area contributed by atoms with Gasteiger partial charge < -0.3 is 19.6 Å². The Balaban J connectivity index is 1.94. The zero-order valence-electron chi connectivity index (χ0n) is 19.2. The molecule has 0 radical (unpaired) electrons. The first-order chi connectivity index (χ1) is 15.4. The maximum absolute atomic E-state index is 13.0. The molecule has 0 aliphatic carbocycles. The van der Waals surface area contributed by atoms with Crippen molar-refractivity contribution < 1.29 is 19.4 Å². The van der Waals surface area contributed by atoms with Crippen LogP contribution in [0, 0.1) is 5.92 Å². The van der Waals surface area contributed by atoms with Crippen molar-refractivity contribution in [1.29, 1.82) is 0 Å². The molecule has 2 aromatic rings. The number of hydrogen-bond acceptors (Lipinski definition) is 6. The van der Waals surface area contributed by atoms with E-state index in [0.29, 0.717) is 36.9 Å². The van der Waals surface area contributed by atoms with Crippen molar-refractivity contribution in [3.8, 4) is 5.75 Å². The minimum Gasteiger partial charge on any atom is -0.507 e. The lowest BCUT2D eigenvalue weighted by Gasteiger charge is -2.27. The summed E-state index contributed by atoms with van der Waals surface area (Å²) in [6.07, 6.45) is 0. The van der Waals surface area contributed by atoms with E-state index in [2.05, 4.69) is 32.6 Å². The molecule has 1 aliphatic rings. The van der Waals surface area contributed by atoms with Gasteiger partial charge in [0, 0.05) is 23.5 Å². The van der Waals surface area contributed by atoms with Gasteiger partial charge in [-0.2, -0.15) is 0 Å². The Morgan fingerprint density at radius 1 is 1.16 bits per heavy atom. The normalized spacial score (nSPS) is 18.2. The highest BCUT2D eigenvalue weighted by Gasteiger charge is 2.46. The number of Topliss-reactive ketones (excluding diaryl/α,β-unsaturated/α-hetero) is 1. The summed E-state index contributed by atoms with van der Waals surface area (Å²) in [6, 6.07) is 10.2. The van der Waals surface area contributed by atoms with E-state index in [-0.39, 0.29) is 11.3 Å². The third kappa shape index (κ3) is 5.22. The second kappa shape index (κ2) is 10.8. The minimum atomic E-state index is -0.638. The van der Waals surface area contributed by atoms with Gasteiger partial charge in [0.05, 0.1) is 18.2 Å². The standard InChI is InChI=1S/C25H32N2O4S/c1-5-26(6-2)13-14-27-22(20-8-7-15-32-20)21(24(29)25(27)30)23(28)18-9-11-19(12-10-18)31-16-17(3)4/h7-12,15,17,22,28H,5-6,13-14,16H2,1-4H3/b23-21+/t22-/m0/s1. The number of ether oxygens (including phenoxy) is 1. The molecule has 32 heavy (non-hydrogen) atoms.